The number of benzene rings is 1. The number of anilines is 1. The van der Waals surface area contributed by atoms with Crippen LogP contribution in [0.5, 0.6) is 0 Å². The first kappa shape index (κ1) is 23.0. The van der Waals surface area contributed by atoms with Crippen LogP contribution in [0.2, 0.25) is 5.02 Å². The average molecular weight is 583 g/mol. The van der Waals surface area contributed by atoms with Crippen LogP contribution in [0.1, 0.15) is 11.4 Å². The van der Waals surface area contributed by atoms with Gasteiger partial charge in [0.05, 0.1) is 26.3 Å². The Morgan fingerprint density at radius 1 is 1.29 bits per heavy atom. The zero-order valence-electron chi connectivity index (χ0n) is 15.6. The predicted molar refractivity (Wildman–Crippen MR) is 129 cm³/mol. The summed E-state index contributed by atoms with van der Waals surface area (Å²) >= 11 is 14.2. The second-order valence-electron chi connectivity index (χ2n) is 6.63. The number of halogens is 2. The molecule has 0 saturated heterocycles. The zero-order chi connectivity index (χ0) is 22.3. The van der Waals surface area contributed by atoms with Gasteiger partial charge < -0.3 is 10.0 Å². The van der Waals surface area contributed by atoms with Gasteiger partial charge in [-0.05, 0) is 40.5 Å². The summed E-state index contributed by atoms with van der Waals surface area (Å²) in [6.07, 6.45) is 2.14. The van der Waals surface area contributed by atoms with Crippen LogP contribution in [0.15, 0.2) is 38.0 Å². The number of rotatable bonds is 7. The lowest BCUT2D eigenvalue weighted by Gasteiger charge is -2.20. The molecular weight excluding hydrogens is 568 g/mol. The van der Waals surface area contributed by atoms with Gasteiger partial charge in [0.25, 0.3) is 15.1 Å². The van der Waals surface area contributed by atoms with Gasteiger partial charge in [-0.1, -0.05) is 34.7 Å². The van der Waals surface area contributed by atoms with Crippen LogP contribution in [-0.4, -0.2) is 36.3 Å². The van der Waals surface area contributed by atoms with Crippen LogP contribution < -0.4 is 9.47 Å². The maximum atomic E-state index is 11.5. The molecule has 0 saturated carbocycles. The molecule has 0 fully saturated rings. The fourth-order valence-electron chi connectivity index (χ4n) is 3.20. The van der Waals surface area contributed by atoms with E-state index in [1.807, 2.05) is 29.2 Å². The first-order chi connectivity index (χ1) is 14.6. The minimum atomic E-state index is -4.06. The van der Waals surface area contributed by atoms with Crippen molar-refractivity contribution in [3.8, 4) is 0 Å². The second-order valence-corrected chi connectivity index (χ2v) is 13.4. The number of thiophene rings is 1. The Morgan fingerprint density at radius 3 is 2.77 bits per heavy atom. The molecule has 31 heavy (non-hydrogen) atoms. The number of thiazole rings is 1. The molecule has 0 spiro atoms. The summed E-state index contributed by atoms with van der Waals surface area (Å²) in [7, 11) is -4.06. The monoisotopic (exact) mass is 581 g/mol. The van der Waals surface area contributed by atoms with Gasteiger partial charge in [-0.25, -0.2) is 4.79 Å². The van der Waals surface area contributed by atoms with E-state index in [1.165, 1.54) is 34.4 Å². The first-order valence-corrected chi connectivity index (χ1v) is 14.1. The lowest BCUT2D eigenvalue weighted by atomic mass is 10.2. The van der Waals surface area contributed by atoms with Gasteiger partial charge >= 0.3 is 5.97 Å². The van der Waals surface area contributed by atoms with E-state index in [2.05, 4.69) is 15.9 Å². The number of aromatic nitrogens is 1. The minimum Gasteiger partial charge on any atom is -0.477 e. The highest BCUT2D eigenvalue weighted by atomic mass is 79.9. The third-order valence-corrected chi connectivity index (χ3v) is 9.44. The molecule has 3 aromatic rings. The van der Waals surface area contributed by atoms with E-state index >= 15 is 0 Å². The molecule has 164 valence electrons. The number of carboxylic acids is 1. The van der Waals surface area contributed by atoms with Crippen molar-refractivity contribution in [1.29, 1.82) is 0 Å². The molecule has 13 heteroatoms. The molecule has 1 aliphatic rings. The highest BCUT2D eigenvalue weighted by molar-refractivity contribution is 9.11. The molecule has 7 nitrogen and oxygen atoms in total. The fourth-order valence-corrected chi connectivity index (χ4v) is 8.28. The quantitative estimate of drug-likeness (QED) is 0.301. The van der Waals surface area contributed by atoms with Crippen molar-refractivity contribution >= 4 is 99.3 Å². The Balaban J connectivity index is 1.74. The van der Waals surface area contributed by atoms with Crippen LogP contribution in [0.4, 0.5) is 5.69 Å². The molecule has 0 amide bonds. The van der Waals surface area contributed by atoms with Crippen molar-refractivity contribution in [2.75, 3.05) is 17.2 Å². The summed E-state index contributed by atoms with van der Waals surface area (Å²) in [4.78, 5) is 14.4. The molecule has 2 N–H and O–H groups in total. The highest BCUT2D eigenvalue weighted by Gasteiger charge is 2.29. The van der Waals surface area contributed by atoms with Crippen molar-refractivity contribution in [3.05, 3.63) is 43.1 Å². The summed E-state index contributed by atoms with van der Waals surface area (Å²) in [6, 6.07) is 7.40. The molecule has 2 aromatic heterocycles. The third-order valence-electron chi connectivity index (χ3n) is 4.42. The lowest BCUT2D eigenvalue weighted by molar-refractivity contribution is -0.657. The number of carboxylic acid groups (broad SMARTS) is 1. The van der Waals surface area contributed by atoms with Gasteiger partial charge in [0.15, 0.2) is 4.01 Å². The number of nitrogens with zero attached hydrogens (tertiary/aromatic N) is 2. The molecule has 4 rings (SSSR count). The van der Waals surface area contributed by atoms with E-state index in [0.717, 1.165) is 33.9 Å². The molecule has 0 aliphatic carbocycles. The van der Waals surface area contributed by atoms with E-state index in [4.69, 9.17) is 16.2 Å². The topological polar surface area (TPSA) is 98.8 Å². The van der Waals surface area contributed by atoms with E-state index in [1.54, 1.807) is 10.6 Å². The molecule has 0 bridgehead atoms. The van der Waals surface area contributed by atoms with Crippen molar-refractivity contribution in [2.45, 2.75) is 17.9 Å². The third kappa shape index (κ3) is 5.27. The summed E-state index contributed by atoms with van der Waals surface area (Å²) in [6.45, 7) is 0.185. The van der Waals surface area contributed by atoms with Crippen molar-refractivity contribution < 1.29 is 27.4 Å². The Morgan fingerprint density at radius 2 is 2.06 bits per heavy atom. The number of carbonyl (C=O) groups is 1. The summed E-state index contributed by atoms with van der Waals surface area (Å²) in [5, 5.41) is 11.6. The molecule has 0 unspecified atom stereocenters. The number of hydrogen-bond acceptors (Lipinski definition) is 7. The predicted octanol–water partition coefficient (Wildman–Crippen LogP) is 4.94. The van der Waals surface area contributed by atoms with Crippen molar-refractivity contribution in [3.63, 3.8) is 0 Å². The first-order valence-electron chi connectivity index (χ1n) is 8.86. The summed E-state index contributed by atoms with van der Waals surface area (Å²) < 4.78 is 35.1. The number of aliphatic carboxylic acids is 1. The standard InChI is InChI=1S/C18H14BrClN2O5S4/c19-14-7-12-18(29-14)30-16(22(12)9-17(23)24)8-15-21(4-1-5-31(25,26)27)11-6-10(20)2-3-13(11)28-15/h2-3,6-8H,1,4-5,9H2,(H-,23,24,25,26,27)/p+1. The minimum absolute atomic E-state index is 0.172. The Bertz CT molecular complexity index is 1320. The van der Waals surface area contributed by atoms with Crippen LogP contribution in [0, 0.1) is 0 Å². The zero-order valence-corrected chi connectivity index (χ0v) is 21.2. The highest BCUT2D eigenvalue weighted by Crippen LogP contribution is 2.48. The second kappa shape index (κ2) is 9.00. The SMILES string of the molecule is O=C(O)C[n+]1c(C=C2Sc3ccc(Cl)cc3N2CCCS(=O)(=O)O)sc2sc(Br)cc21. The molecule has 1 aromatic carbocycles. The van der Waals surface area contributed by atoms with E-state index in [0.29, 0.717) is 11.6 Å². The Kier molecular flexibility index (Phi) is 6.69. The van der Waals surface area contributed by atoms with Gasteiger partial charge in [0.1, 0.15) is 0 Å². The average Bonchev–Trinajstić information content (AvgIpc) is 3.27. The van der Waals surface area contributed by atoms with Gasteiger partial charge in [0, 0.05) is 22.5 Å². The fraction of sp³-hybridized carbons (Fsp3) is 0.222. The summed E-state index contributed by atoms with van der Waals surface area (Å²) in [5.41, 5.74) is 1.70. The molecule has 1 aliphatic heterocycles. The van der Waals surface area contributed by atoms with Gasteiger partial charge in [-0.2, -0.15) is 13.0 Å². The van der Waals surface area contributed by atoms with Crippen molar-refractivity contribution in [1.82, 2.24) is 0 Å². The maximum absolute atomic E-state index is 11.5. The number of fused-ring (bicyclic) bond motifs is 2. The van der Waals surface area contributed by atoms with Crippen LogP contribution in [0.25, 0.3) is 15.6 Å². The van der Waals surface area contributed by atoms with Gasteiger partial charge in [-0.3, -0.25) is 4.55 Å². The van der Waals surface area contributed by atoms with Crippen LogP contribution in [-0.2, 0) is 21.5 Å². The lowest BCUT2D eigenvalue weighted by Crippen LogP contribution is -2.39. The van der Waals surface area contributed by atoms with E-state index in [-0.39, 0.29) is 18.7 Å². The van der Waals surface area contributed by atoms with Gasteiger partial charge in [-0.15, -0.1) is 11.3 Å². The molecule has 3 heterocycles. The molecule has 0 atom stereocenters. The maximum Gasteiger partial charge on any atom is 0.370 e. The molecule has 0 radical (unpaired) electrons. The smallest absolute Gasteiger partial charge is 0.370 e. The van der Waals surface area contributed by atoms with Crippen molar-refractivity contribution in [2.24, 2.45) is 0 Å². The van der Waals surface area contributed by atoms with Gasteiger partial charge in [0.2, 0.25) is 12.1 Å². The Hall–Kier alpha value is -1.15. The van der Waals surface area contributed by atoms with Crippen LogP contribution in [0.3, 0.4) is 0 Å². The number of thioether (sulfide) groups is 1. The Labute approximate surface area is 203 Å². The normalized spacial score (nSPS) is 15.2. The molecular formula is C18H15BrClN2O5S4+. The summed E-state index contributed by atoms with van der Waals surface area (Å²) in [5.74, 6) is -1.29. The van der Waals surface area contributed by atoms with E-state index < -0.39 is 16.1 Å². The number of hydrogen-bond donors (Lipinski definition) is 2. The largest absolute Gasteiger partial charge is 0.477 e. The van der Waals surface area contributed by atoms with Crippen LogP contribution >= 0.6 is 62.0 Å². The van der Waals surface area contributed by atoms with E-state index in [9.17, 15) is 18.3 Å².